The maximum absolute atomic E-state index is 8.93. The maximum Gasteiger partial charge on any atom is 0.164 e. The normalized spacial score (nSPS) is 10.6. The van der Waals surface area contributed by atoms with Crippen LogP contribution in [0.25, 0.3) is 21.8 Å². The molecule has 0 amide bonds. The van der Waals surface area contributed by atoms with Gasteiger partial charge in [-0.05, 0) is 12.1 Å². The van der Waals surface area contributed by atoms with Crippen molar-refractivity contribution in [3.63, 3.8) is 0 Å². The van der Waals surface area contributed by atoms with Crippen molar-refractivity contribution in [2.75, 3.05) is 0 Å². The molecule has 2 heterocycles. The van der Waals surface area contributed by atoms with Gasteiger partial charge in [0.1, 0.15) is 6.07 Å². The summed E-state index contributed by atoms with van der Waals surface area (Å²) >= 11 is 0. The number of rotatable bonds is 0. The number of hydrogen-bond acceptors (Lipinski definition) is 2. The molecule has 3 nitrogen and oxygen atoms in total. The largest absolute Gasteiger partial charge is 0.352 e. The number of fused-ring (bicyclic) bond motifs is 3. The minimum atomic E-state index is 0.448. The summed E-state index contributed by atoms with van der Waals surface area (Å²) in [5.41, 5.74) is 2.31. The first-order valence-corrected chi connectivity index (χ1v) is 4.65. The Morgan fingerprint density at radius 3 is 2.87 bits per heavy atom. The smallest absolute Gasteiger partial charge is 0.164 e. The van der Waals surface area contributed by atoms with Gasteiger partial charge < -0.3 is 4.98 Å². The van der Waals surface area contributed by atoms with Gasteiger partial charge in [-0.2, -0.15) is 5.26 Å². The molecule has 70 valence electrons. The average Bonchev–Trinajstić information content (AvgIpc) is 2.67. The second-order valence-corrected chi connectivity index (χ2v) is 3.36. The quantitative estimate of drug-likeness (QED) is 0.596. The summed E-state index contributed by atoms with van der Waals surface area (Å²) < 4.78 is 0. The zero-order valence-electron chi connectivity index (χ0n) is 7.86. The first-order chi connectivity index (χ1) is 7.40. The molecule has 1 N–H and O–H groups in total. The number of para-hydroxylation sites is 1. The maximum atomic E-state index is 8.93. The Morgan fingerprint density at radius 1 is 1.13 bits per heavy atom. The van der Waals surface area contributed by atoms with Crippen LogP contribution in [-0.4, -0.2) is 9.97 Å². The van der Waals surface area contributed by atoms with E-state index in [0.29, 0.717) is 5.69 Å². The van der Waals surface area contributed by atoms with E-state index in [1.54, 1.807) is 6.20 Å². The van der Waals surface area contributed by atoms with Crippen LogP contribution in [-0.2, 0) is 0 Å². The lowest BCUT2D eigenvalue weighted by molar-refractivity contribution is 1.28. The number of aromatic amines is 1. The van der Waals surface area contributed by atoms with Crippen molar-refractivity contribution in [2.24, 2.45) is 0 Å². The Balaban J connectivity index is 2.61. The Bertz CT molecular complexity index is 689. The lowest BCUT2D eigenvalue weighted by Crippen LogP contribution is -1.82. The fourth-order valence-corrected chi connectivity index (χ4v) is 1.86. The number of aromatic nitrogens is 2. The molecule has 0 bridgehead atoms. The Labute approximate surface area is 86.0 Å². The molecule has 3 heteroatoms. The first kappa shape index (κ1) is 8.01. The number of hydrogen-bond donors (Lipinski definition) is 1. The van der Waals surface area contributed by atoms with Crippen LogP contribution in [0.2, 0.25) is 0 Å². The van der Waals surface area contributed by atoms with Crippen molar-refractivity contribution in [2.45, 2.75) is 0 Å². The fraction of sp³-hybridized carbons (Fsp3) is 0. The van der Waals surface area contributed by atoms with E-state index in [4.69, 9.17) is 5.26 Å². The Kier molecular flexibility index (Phi) is 1.51. The van der Waals surface area contributed by atoms with Gasteiger partial charge in [-0.15, -0.1) is 0 Å². The highest BCUT2D eigenvalue weighted by molar-refractivity contribution is 6.08. The minimum Gasteiger partial charge on any atom is -0.352 e. The van der Waals surface area contributed by atoms with Crippen molar-refractivity contribution in [1.29, 1.82) is 5.26 Å². The van der Waals surface area contributed by atoms with Gasteiger partial charge in [0.25, 0.3) is 0 Å². The number of nitrogens with zero attached hydrogens (tertiary/aromatic N) is 2. The van der Waals surface area contributed by atoms with E-state index < -0.39 is 0 Å². The van der Waals surface area contributed by atoms with Gasteiger partial charge >= 0.3 is 0 Å². The van der Waals surface area contributed by atoms with Gasteiger partial charge in [0.2, 0.25) is 0 Å². The molecule has 0 saturated heterocycles. The molecule has 0 aliphatic rings. The molecule has 0 spiro atoms. The van der Waals surface area contributed by atoms with Gasteiger partial charge in [-0.25, -0.2) is 4.98 Å². The van der Waals surface area contributed by atoms with E-state index in [0.717, 1.165) is 21.8 Å². The molecular weight excluding hydrogens is 186 g/mol. The van der Waals surface area contributed by atoms with Crippen LogP contribution in [0.15, 0.2) is 36.5 Å². The third-order valence-corrected chi connectivity index (χ3v) is 2.53. The summed E-state index contributed by atoms with van der Waals surface area (Å²) in [5.74, 6) is 0. The molecule has 0 aliphatic carbocycles. The summed E-state index contributed by atoms with van der Waals surface area (Å²) in [7, 11) is 0. The highest BCUT2D eigenvalue weighted by atomic mass is 14.8. The molecule has 0 radical (unpaired) electrons. The molecule has 0 aliphatic heterocycles. The zero-order valence-corrected chi connectivity index (χ0v) is 7.86. The topological polar surface area (TPSA) is 52.5 Å². The highest BCUT2D eigenvalue weighted by Crippen LogP contribution is 2.25. The lowest BCUT2D eigenvalue weighted by atomic mass is 10.2. The Hall–Kier alpha value is -2.34. The summed E-state index contributed by atoms with van der Waals surface area (Å²) in [5, 5.41) is 11.1. The number of nitriles is 1. The highest BCUT2D eigenvalue weighted by Gasteiger charge is 2.07. The van der Waals surface area contributed by atoms with Crippen LogP contribution in [0.5, 0.6) is 0 Å². The van der Waals surface area contributed by atoms with Crippen LogP contribution in [0.3, 0.4) is 0 Å². The average molecular weight is 193 g/mol. The number of H-pyrrole nitrogens is 1. The van der Waals surface area contributed by atoms with Crippen molar-refractivity contribution >= 4 is 21.8 Å². The summed E-state index contributed by atoms with van der Waals surface area (Å²) in [6.45, 7) is 0. The number of benzene rings is 1. The second kappa shape index (κ2) is 2.82. The predicted molar refractivity (Wildman–Crippen MR) is 58.3 cm³/mol. The minimum absolute atomic E-state index is 0.448. The van der Waals surface area contributed by atoms with E-state index in [1.165, 1.54) is 0 Å². The van der Waals surface area contributed by atoms with Crippen LogP contribution in [0, 0.1) is 11.3 Å². The molecule has 0 atom stereocenters. The predicted octanol–water partition coefficient (Wildman–Crippen LogP) is 2.59. The van der Waals surface area contributed by atoms with E-state index in [9.17, 15) is 0 Å². The van der Waals surface area contributed by atoms with E-state index in [2.05, 4.69) is 16.0 Å². The van der Waals surface area contributed by atoms with Gasteiger partial charge in [0, 0.05) is 22.5 Å². The van der Waals surface area contributed by atoms with Crippen molar-refractivity contribution in [3.8, 4) is 6.07 Å². The van der Waals surface area contributed by atoms with Crippen molar-refractivity contribution in [1.82, 2.24) is 9.97 Å². The number of nitrogens with one attached hydrogen (secondary N) is 1. The fourth-order valence-electron chi connectivity index (χ4n) is 1.86. The zero-order chi connectivity index (χ0) is 10.3. The molecule has 2 aromatic heterocycles. The van der Waals surface area contributed by atoms with Gasteiger partial charge in [0.15, 0.2) is 5.69 Å². The van der Waals surface area contributed by atoms with Gasteiger partial charge in [0.05, 0.1) is 5.52 Å². The van der Waals surface area contributed by atoms with Crippen LogP contribution in [0.4, 0.5) is 0 Å². The summed E-state index contributed by atoms with van der Waals surface area (Å²) in [4.78, 5) is 7.24. The van der Waals surface area contributed by atoms with Crippen LogP contribution in [0.1, 0.15) is 5.69 Å². The molecule has 0 fully saturated rings. The van der Waals surface area contributed by atoms with E-state index in [-0.39, 0.29) is 0 Å². The monoisotopic (exact) mass is 193 g/mol. The second-order valence-electron chi connectivity index (χ2n) is 3.36. The molecule has 15 heavy (non-hydrogen) atoms. The molecule has 0 saturated carbocycles. The van der Waals surface area contributed by atoms with Crippen LogP contribution >= 0.6 is 0 Å². The Morgan fingerprint density at radius 2 is 2.00 bits per heavy atom. The summed E-state index contributed by atoms with van der Waals surface area (Å²) in [6, 6.07) is 12.0. The summed E-state index contributed by atoms with van der Waals surface area (Å²) in [6.07, 6.45) is 1.67. The molecule has 1 aromatic carbocycles. The molecule has 0 unspecified atom stereocenters. The number of pyridine rings is 1. The van der Waals surface area contributed by atoms with E-state index >= 15 is 0 Å². The van der Waals surface area contributed by atoms with Crippen LogP contribution < -0.4 is 0 Å². The molecule has 3 rings (SSSR count). The molecular formula is C12H7N3. The van der Waals surface area contributed by atoms with Crippen molar-refractivity contribution < 1.29 is 0 Å². The third kappa shape index (κ3) is 1.02. The van der Waals surface area contributed by atoms with Gasteiger partial charge in [-0.3, -0.25) is 0 Å². The SMILES string of the molecule is N#Cc1nccc2c1[nH]c1ccccc12. The molecule has 3 aromatic rings. The standard InChI is InChI=1S/C12H7N3/c13-7-11-12-9(5-6-14-11)8-3-1-2-4-10(8)15-12/h1-6,15H. The first-order valence-electron chi connectivity index (χ1n) is 4.65. The van der Waals surface area contributed by atoms with Crippen molar-refractivity contribution in [3.05, 3.63) is 42.2 Å². The third-order valence-electron chi connectivity index (χ3n) is 2.53. The van der Waals surface area contributed by atoms with E-state index in [1.807, 2.05) is 30.3 Å². The lowest BCUT2D eigenvalue weighted by Gasteiger charge is -1.90. The van der Waals surface area contributed by atoms with Gasteiger partial charge in [-0.1, -0.05) is 18.2 Å².